The number of piperidine rings is 1. The number of oxazole rings is 1. The van der Waals surface area contributed by atoms with E-state index in [1.165, 1.54) is 12.1 Å². The fourth-order valence-electron chi connectivity index (χ4n) is 3.58. The number of hydrogen-bond acceptors (Lipinski definition) is 6. The third-order valence-corrected chi connectivity index (χ3v) is 5.38. The zero-order chi connectivity index (χ0) is 20.5. The van der Waals surface area contributed by atoms with Gasteiger partial charge in [0, 0.05) is 36.3 Å². The highest BCUT2D eigenvalue weighted by Crippen LogP contribution is 2.32. The SMILES string of the molecule is Fc1ccc(Oc2ccnc(N3CCC(c4nc5cc(Cl)ccc5o4)CC3)n2)cc1. The molecule has 4 aromatic rings. The van der Waals surface area contributed by atoms with Gasteiger partial charge in [-0.05, 0) is 55.3 Å². The summed E-state index contributed by atoms with van der Waals surface area (Å²) in [7, 11) is 0. The van der Waals surface area contributed by atoms with Gasteiger partial charge < -0.3 is 14.1 Å². The fraction of sp³-hybridized carbons (Fsp3) is 0.227. The first-order valence-corrected chi connectivity index (χ1v) is 10.1. The molecule has 152 valence electrons. The van der Waals surface area contributed by atoms with E-state index in [-0.39, 0.29) is 11.7 Å². The van der Waals surface area contributed by atoms with Gasteiger partial charge in [-0.2, -0.15) is 4.98 Å². The number of benzene rings is 2. The minimum atomic E-state index is -0.310. The van der Waals surface area contributed by atoms with E-state index in [2.05, 4.69) is 19.9 Å². The Labute approximate surface area is 177 Å². The van der Waals surface area contributed by atoms with Crippen molar-refractivity contribution in [2.75, 3.05) is 18.0 Å². The molecular formula is C22H18ClFN4O2. The molecule has 30 heavy (non-hydrogen) atoms. The Balaban J connectivity index is 1.26. The molecular weight excluding hydrogens is 407 g/mol. The van der Waals surface area contributed by atoms with Crippen molar-refractivity contribution in [1.29, 1.82) is 0 Å². The van der Waals surface area contributed by atoms with Crippen molar-refractivity contribution in [2.24, 2.45) is 0 Å². The predicted molar refractivity (Wildman–Crippen MR) is 112 cm³/mol. The lowest BCUT2D eigenvalue weighted by Gasteiger charge is -2.30. The Morgan fingerprint density at radius 3 is 2.63 bits per heavy atom. The van der Waals surface area contributed by atoms with Crippen molar-refractivity contribution in [3.63, 3.8) is 0 Å². The van der Waals surface area contributed by atoms with E-state index in [4.69, 9.17) is 20.8 Å². The number of anilines is 1. The number of rotatable bonds is 4. The Bertz CT molecular complexity index is 1170. The van der Waals surface area contributed by atoms with Gasteiger partial charge >= 0.3 is 0 Å². The Morgan fingerprint density at radius 2 is 1.83 bits per heavy atom. The molecule has 0 bridgehead atoms. The number of aromatic nitrogens is 3. The second-order valence-corrected chi connectivity index (χ2v) is 7.61. The number of hydrogen-bond donors (Lipinski definition) is 0. The van der Waals surface area contributed by atoms with Crippen molar-refractivity contribution in [3.05, 3.63) is 71.5 Å². The lowest BCUT2D eigenvalue weighted by atomic mass is 9.97. The first kappa shape index (κ1) is 18.8. The van der Waals surface area contributed by atoms with Crippen molar-refractivity contribution >= 4 is 28.6 Å². The molecule has 8 heteroatoms. The van der Waals surface area contributed by atoms with Crippen LogP contribution in [0.4, 0.5) is 10.3 Å². The molecule has 2 aromatic heterocycles. The summed E-state index contributed by atoms with van der Waals surface area (Å²) in [6.07, 6.45) is 3.43. The van der Waals surface area contributed by atoms with Crippen LogP contribution in [0.3, 0.4) is 0 Å². The first-order valence-electron chi connectivity index (χ1n) is 9.71. The largest absolute Gasteiger partial charge is 0.440 e. The molecule has 1 fully saturated rings. The van der Waals surface area contributed by atoms with Gasteiger partial charge in [0.25, 0.3) is 0 Å². The van der Waals surface area contributed by atoms with Gasteiger partial charge in [-0.1, -0.05) is 11.6 Å². The van der Waals surface area contributed by atoms with Crippen LogP contribution in [0, 0.1) is 5.82 Å². The van der Waals surface area contributed by atoms with E-state index >= 15 is 0 Å². The summed E-state index contributed by atoms with van der Waals surface area (Å²) in [6.45, 7) is 1.56. The summed E-state index contributed by atoms with van der Waals surface area (Å²) in [5.74, 6) is 2.24. The van der Waals surface area contributed by atoms with E-state index in [9.17, 15) is 4.39 Å². The smallest absolute Gasteiger partial charge is 0.228 e. The minimum Gasteiger partial charge on any atom is -0.440 e. The normalized spacial score (nSPS) is 14.9. The maximum absolute atomic E-state index is 13.1. The molecule has 0 atom stereocenters. The molecule has 6 nitrogen and oxygen atoms in total. The van der Waals surface area contributed by atoms with Gasteiger partial charge in [0.1, 0.15) is 17.1 Å². The number of ether oxygens (including phenoxy) is 1. The highest BCUT2D eigenvalue weighted by molar-refractivity contribution is 6.31. The molecule has 3 heterocycles. The fourth-order valence-corrected chi connectivity index (χ4v) is 3.75. The van der Waals surface area contributed by atoms with Crippen LogP contribution in [0.2, 0.25) is 5.02 Å². The molecule has 1 aliphatic heterocycles. The third-order valence-electron chi connectivity index (χ3n) is 5.15. The first-order chi connectivity index (χ1) is 14.6. The zero-order valence-corrected chi connectivity index (χ0v) is 16.7. The molecule has 5 rings (SSSR count). The van der Waals surface area contributed by atoms with Gasteiger partial charge in [0.05, 0.1) is 0 Å². The summed E-state index contributed by atoms with van der Waals surface area (Å²) in [5, 5.41) is 0.650. The minimum absolute atomic E-state index is 0.242. The van der Waals surface area contributed by atoms with Crippen LogP contribution in [0.1, 0.15) is 24.7 Å². The van der Waals surface area contributed by atoms with Gasteiger partial charge in [0.2, 0.25) is 11.8 Å². The van der Waals surface area contributed by atoms with Gasteiger partial charge in [-0.25, -0.2) is 14.4 Å². The lowest BCUT2D eigenvalue weighted by molar-refractivity contribution is 0.403. The van der Waals surface area contributed by atoms with E-state index in [0.717, 1.165) is 42.9 Å². The van der Waals surface area contributed by atoms with Crippen LogP contribution in [0.5, 0.6) is 11.6 Å². The van der Waals surface area contributed by atoms with E-state index < -0.39 is 0 Å². The van der Waals surface area contributed by atoms with Crippen LogP contribution in [0.25, 0.3) is 11.1 Å². The monoisotopic (exact) mass is 424 g/mol. The summed E-state index contributed by atoms with van der Waals surface area (Å²) < 4.78 is 24.7. The van der Waals surface area contributed by atoms with Crippen molar-refractivity contribution in [2.45, 2.75) is 18.8 Å². The standard InChI is InChI=1S/C22H18ClFN4O2/c23-15-1-6-19-18(13-15)26-21(30-19)14-8-11-28(12-9-14)22-25-10-7-20(27-22)29-17-4-2-16(24)3-5-17/h1-7,10,13-14H,8-9,11-12H2. The molecule has 0 amide bonds. The molecule has 0 spiro atoms. The second-order valence-electron chi connectivity index (χ2n) is 7.18. The topological polar surface area (TPSA) is 64.3 Å². The number of fused-ring (bicyclic) bond motifs is 1. The predicted octanol–water partition coefficient (Wildman–Crippen LogP) is 5.59. The highest BCUT2D eigenvalue weighted by atomic mass is 35.5. The van der Waals surface area contributed by atoms with Crippen molar-refractivity contribution in [3.8, 4) is 11.6 Å². The van der Waals surface area contributed by atoms with Gasteiger partial charge in [-0.15, -0.1) is 0 Å². The van der Waals surface area contributed by atoms with Crippen LogP contribution < -0.4 is 9.64 Å². The second kappa shape index (κ2) is 7.91. The highest BCUT2D eigenvalue weighted by Gasteiger charge is 2.26. The molecule has 0 radical (unpaired) electrons. The number of nitrogens with zero attached hydrogens (tertiary/aromatic N) is 4. The van der Waals surface area contributed by atoms with E-state index in [1.54, 1.807) is 30.5 Å². The van der Waals surface area contributed by atoms with Crippen LogP contribution in [0.15, 0.2) is 59.1 Å². The maximum Gasteiger partial charge on any atom is 0.228 e. The molecule has 1 saturated heterocycles. The summed E-state index contributed by atoms with van der Waals surface area (Å²) in [6, 6.07) is 13.0. The van der Waals surface area contributed by atoms with Crippen LogP contribution in [-0.4, -0.2) is 28.0 Å². The van der Waals surface area contributed by atoms with Crippen LogP contribution in [-0.2, 0) is 0 Å². The van der Waals surface area contributed by atoms with E-state index in [1.807, 2.05) is 12.1 Å². The summed E-state index contributed by atoms with van der Waals surface area (Å²) >= 11 is 6.04. The molecule has 0 aliphatic carbocycles. The Kier molecular flexibility index (Phi) is 4.96. The molecule has 0 saturated carbocycles. The lowest BCUT2D eigenvalue weighted by Crippen LogP contribution is -2.34. The summed E-state index contributed by atoms with van der Waals surface area (Å²) in [5.41, 5.74) is 1.54. The zero-order valence-electron chi connectivity index (χ0n) is 16.0. The Hall–Kier alpha value is -3.19. The molecule has 2 aromatic carbocycles. The maximum atomic E-state index is 13.1. The molecule has 0 unspecified atom stereocenters. The quantitative estimate of drug-likeness (QED) is 0.425. The summed E-state index contributed by atoms with van der Waals surface area (Å²) in [4.78, 5) is 15.6. The van der Waals surface area contributed by atoms with Crippen LogP contribution >= 0.6 is 11.6 Å². The average molecular weight is 425 g/mol. The Morgan fingerprint density at radius 1 is 1.03 bits per heavy atom. The molecule has 0 N–H and O–H groups in total. The average Bonchev–Trinajstić information content (AvgIpc) is 3.19. The van der Waals surface area contributed by atoms with Gasteiger partial charge in [0.15, 0.2) is 11.5 Å². The van der Waals surface area contributed by atoms with Crippen molar-refractivity contribution < 1.29 is 13.5 Å². The van der Waals surface area contributed by atoms with Crippen molar-refractivity contribution in [1.82, 2.24) is 15.0 Å². The number of halogens is 2. The van der Waals surface area contributed by atoms with Gasteiger partial charge in [-0.3, -0.25) is 0 Å². The third kappa shape index (κ3) is 3.93. The molecule has 1 aliphatic rings. The van der Waals surface area contributed by atoms with E-state index in [0.29, 0.717) is 22.6 Å².